The normalized spacial score (nSPS) is 10.9. The van der Waals surface area contributed by atoms with E-state index in [2.05, 4.69) is 25.3 Å². The van der Waals surface area contributed by atoms with Crippen LogP contribution in [0, 0.1) is 6.92 Å². The minimum atomic E-state index is -1.01. The standard InChI is InChI=1S/C18H15N7O2/c1-10-20-16(19)24-17(21-10)25-14-8-3-2-7-13(14)23-18(25)22-12-6-4-5-11(9-12)15(26)27/h2-9H,1H3,(H,22,23)(H,26,27)(H2,19,20,21,24). The van der Waals surface area contributed by atoms with Crippen molar-refractivity contribution < 1.29 is 9.90 Å². The number of aromatic nitrogens is 5. The van der Waals surface area contributed by atoms with Crippen LogP contribution in [0.1, 0.15) is 16.2 Å². The van der Waals surface area contributed by atoms with E-state index in [0.717, 1.165) is 11.0 Å². The molecule has 2 aromatic heterocycles. The van der Waals surface area contributed by atoms with Crippen molar-refractivity contribution in [3.63, 3.8) is 0 Å². The highest BCUT2D eigenvalue weighted by Crippen LogP contribution is 2.26. The number of nitrogens with one attached hydrogen (secondary N) is 1. The fraction of sp³-hybridized carbons (Fsp3) is 0.0556. The van der Waals surface area contributed by atoms with Crippen molar-refractivity contribution in [2.45, 2.75) is 6.92 Å². The van der Waals surface area contributed by atoms with Gasteiger partial charge in [0.2, 0.25) is 17.8 Å². The molecule has 0 aliphatic heterocycles. The van der Waals surface area contributed by atoms with Crippen molar-refractivity contribution in [1.82, 2.24) is 24.5 Å². The van der Waals surface area contributed by atoms with Crippen LogP contribution in [0.4, 0.5) is 17.6 Å². The second-order valence-electron chi connectivity index (χ2n) is 5.81. The molecule has 0 radical (unpaired) electrons. The van der Waals surface area contributed by atoms with E-state index in [-0.39, 0.29) is 11.5 Å². The zero-order valence-corrected chi connectivity index (χ0v) is 14.3. The topological polar surface area (TPSA) is 132 Å². The Labute approximate surface area is 153 Å². The van der Waals surface area contributed by atoms with E-state index < -0.39 is 5.97 Å². The molecule has 0 saturated heterocycles. The number of aromatic carboxylic acids is 1. The molecule has 0 atom stereocenters. The number of para-hydroxylation sites is 2. The van der Waals surface area contributed by atoms with Crippen LogP contribution < -0.4 is 11.1 Å². The molecule has 0 bridgehead atoms. The number of hydrogen-bond donors (Lipinski definition) is 3. The summed E-state index contributed by atoms with van der Waals surface area (Å²) in [5, 5.41) is 12.3. The van der Waals surface area contributed by atoms with E-state index in [0.29, 0.717) is 23.4 Å². The summed E-state index contributed by atoms with van der Waals surface area (Å²) in [7, 11) is 0. The average Bonchev–Trinajstić information content (AvgIpc) is 2.98. The van der Waals surface area contributed by atoms with Crippen LogP contribution in [0.25, 0.3) is 17.0 Å². The lowest BCUT2D eigenvalue weighted by atomic mass is 10.2. The molecule has 0 unspecified atom stereocenters. The summed E-state index contributed by atoms with van der Waals surface area (Å²) in [4.78, 5) is 28.4. The molecule has 0 fully saturated rings. The first-order valence-corrected chi connectivity index (χ1v) is 8.07. The van der Waals surface area contributed by atoms with Gasteiger partial charge in [0.05, 0.1) is 16.6 Å². The zero-order valence-electron chi connectivity index (χ0n) is 14.3. The third-order valence-electron chi connectivity index (χ3n) is 3.88. The first-order valence-electron chi connectivity index (χ1n) is 8.07. The Balaban J connectivity index is 1.88. The molecule has 0 saturated carbocycles. The van der Waals surface area contributed by atoms with E-state index in [4.69, 9.17) is 5.73 Å². The summed E-state index contributed by atoms with van der Waals surface area (Å²) in [5.41, 5.74) is 8.03. The van der Waals surface area contributed by atoms with Crippen molar-refractivity contribution >= 4 is 34.6 Å². The Morgan fingerprint density at radius 1 is 1.07 bits per heavy atom. The van der Waals surface area contributed by atoms with E-state index in [9.17, 15) is 9.90 Å². The van der Waals surface area contributed by atoms with Crippen molar-refractivity contribution in [3.8, 4) is 5.95 Å². The zero-order chi connectivity index (χ0) is 19.0. The van der Waals surface area contributed by atoms with Crippen LogP contribution in [0.2, 0.25) is 0 Å². The number of benzene rings is 2. The first kappa shape index (κ1) is 16.5. The summed E-state index contributed by atoms with van der Waals surface area (Å²) >= 11 is 0. The Hall–Kier alpha value is -4.01. The Morgan fingerprint density at radius 3 is 2.67 bits per heavy atom. The minimum Gasteiger partial charge on any atom is -0.478 e. The van der Waals surface area contributed by atoms with Gasteiger partial charge in [-0.15, -0.1) is 0 Å². The summed E-state index contributed by atoms with van der Waals surface area (Å²) in [6, 6.07) is 14.0. The predicted octanol–water partition coefficient (Wildman–Crippen LogP) is 2.54. The summed E-state index contributed by atoms with van der Waals surface area (Å²) < 4.78 is 1.72. The van der Waals surface area contributed by atoms with Gasteiger partial charge in [-0.1, -0.05) is 18.2 Å². The number of rotatable bonds is 4. The van der Waals surface area contributed by atoms with Gasteiger partial charge >= 0.3 is 5.97 Å². The summed E-state index contributed by atoms with van der Waals surface area (Å²) in [6.07, 6.45) is 0. The number of carbonyl (C=O) groups is 1. The van der Waals surface area contributed by atoms with E-state index >= 15 is 0 Å². The average molecular weight is 361 g/mol. The van der Waals surface area contributed by atoms with Crippen LogP contribution in [-0.4, -0.2) is 35.6 Å². The molecule has 9 heteroatoms. The van der Waals surface area contributed by atoms with Gasteiger partial charge in [0.25, 0.3) is 0 Å². The van der Waals surface area contributed by atoms with E-state index in [1.54, 1.807) is 23.6 Å². The third-order valence-corrected chi connectivity index (χ3v) is 3.88. The van der Waals surface area contributed by atoms with Crippen molar-refractivity contribution in [2.75, 3.05) is 11.1 Å². The van der Waals surface area contributed by atoms with Crippen LogP contribution in [0.5, 0.6) is 0 Å². The lowest BCUT2D eigenvalue weighted by molar-refractivity contribution is 0.0697. The van der Waals surface area contributed by atoms with Gasteiger partial charge in [0.1, 0.15) is 5.82 Å². The molecule has 9 nitrogen and oxygen atoms in total. The number of imidazole rings is 1. The van der Waals surface area contributed by atoms with Gasteiger partial charge in [-0.3, -0.25) is 0 Å². The maximum atomic E-state index is 11.2. The molecule has 2 heterocycles. The third kappa shape index (κ3) is 3.13. The molecular weight excluding hydrogens is 346 g/mol. The molecule has 0 spiro atoms. The predicted molar refractivity (Wildman–Crippen MR) is 100 cm³/mol. The maximum Gasteiger partial charge on any atom is 0.335 e. The summed E-state index contributed by atoms with van der Waals surface area (Å²) in [6.45, 7) is 1.73. The molecule has 4 rings (SSSR count). The Kier molecular flexibility index (Phi) is 3.88. The van der Waals surface area contributed by atoms with Crippen LogP contribution in [0.3, 0.4) is 0 Å². The number of anilines is 3. The van der Waals surface area contributed by atoms with Gasteiger partial charge < -0.3 is 16.2 Å². The van der Waals surface area contributed by atoms with Crippen LogP contribution >= 0.6 is 0 Å². The highest BCUT2D eigenvalue weighted by atomic mass is 16.4. The van der Waals surface area contributed by atoms with E-state index in [1.807, 2.05) is 24.3 Å². The largest absolute Gasteiger partial charge is 0.478 e. The molecule has 4 aromatic rings. The molecule has 0 aliphatic carbocycles. The second-order valence-corrected chi connectivity index (χ2v) is 5.81. The molecule has 4 N–H and O–H groups in total. The maximum absolute atomic E-state index is 11.2. The van der Waals surface area contributed by atoms with Gasteiger partial charge in [-0.2, -0.15) is 15.0 Å². The number of aryl methyl sites for hydroxylation is 1. The summed E-state index contributed by atoms with van der Waals surface area (Å²) in [5.74, 6) is 0.338. The van der Waals surface area contributed by atoms with Crippen molar-refractivity contribution in [3.05, 3.63) is 59.9 Å². The SMILES string of the molecule is Cc1nc(N)nc(-n2c(Nc3cccc(C(=O)O)c3)nc3ccccc32)n1. The van der Waals surface area contributed by atoms with Gasteiger partial charge in [0.15, 0.2) is 0 Å². The van der Waals surface area contributed by atoms with Crippen molar-refractivity contribution in [2.24, 2.45) is 0 Å². The number of nitrogens with zero attached hydrogens (tertiary/aromatic N) is 5. The molecule has 2 aromatic carbocycles. The quantitative estimate of drug-likeness (QED) is 0.505. The lowest BCUT2D eigenvalue weighted by Crippen LogP contribution is -2.10. The second kappa shape index (κ2) is 6.37. The van der Waals surface area contributed by atoms with E-state index in [1.165, 1.54) is 12.1 Å². The van der Waals surface area contributed by atoms with Gasteiger partial charge in [-0.25, -0.2) is 14.3 Å². The number of nitrogen functional groups attached to an aromatic ring is 1. The fourth-order valence-corrected chi connectivity index (χ4v) is 2.76. The molecule has 134 valence electrons. The lowest BCUT2D eigenvalue weighted by Gasteiger charge is -2.10. The van der Waals surface area contributed by atoms with Gasteiger partial charge in [-0.05, 0) is 37.3 Å². The van der Waals surface area contributed by atoms with Crippen LogP contribution in [-0.2, 0) is 0 Å². The molecule has 0 aliphatic rings. The minimum absolute atomic E-state index is 0.106. The van der Waals surface area contributed by atoms with Crippen molar-refractivity contribution in [1.29, 1.82) is 0 Å². The van der Waals surface area contributed by atoms with Gasteiger partial charge in [0, 0.05) is 5.69 Å². The number of carboxylic acids is 1. The smallest absolute Gasteiger partial charge is 0.335 e. The molecule has 27 heavy (non-hydrogen) atoms. The highest BCUT2D eigenvalue weighted by Gasteiger charge is 2.16. The first-order chi connectivity index (χ1) is 13.0. The number of fused-ring (bicyclic) bond motifs is 1. The van der Waals surface area contributed by atoms with Crippen LogP contribution in [0.15, 0.2) is 48.5 Å². The molecular formula is C18H15N7O2. The number of hydrogen-bond acceptors (Lipinski definition) is 7. The fourth-order valence-electron chi connectivity index (χ4n) is 2.76. The monoisotopic (exact) mass is 361 g/mol. The Morgan fingerprint density at radius 2 is 1.89 bits per heavy atom. The molecule has 0 amide bonds. The number of carboxylic acid groups (broad SMARTS) is 1. The Bertz CT molecular complexity index is 1150. The highest BCUT2D eigenvalue weighted by molar-refractivity contribution is 5.89. The number of nitrogens with two attached hydrogens (primary N) is 1.